The molecule has 0 atom stereocenters. The number of rotatable bonds is 7. The van der Waals surface area contributed by atoms with Crippen molar-refractivity contribution in [1.29, 1.82) is 0 Å². The van der Waals surface area contributed by atoms with E-state index in [2.05, 4.69) is 10.7 Å². The number of aromatic nitrogens is 2. The molecule has 0 aliphatic carbocycles. The Kier molecular flexibility index (Phi) is 5.98. The standard InChI is InChI=1S/C20H27N3O4/c1-4-26-19(24)12-22(13-20(25)27-5-2)18-11-16-15(10-14(18)3)17-8-6-7-9-23(17)21-16/h10-11H,4-9,12-13H2,1-3H3. The van der Waals surface area contributed by atoms with Gasteiger partial charge in [0.15, 0.2) is 0 Å². The van der Waals surface area contributed by atoms with Gasteiger partial charge in [0, 0.05) is 23.3 Å². The molecule has 1 aliphatic heterocycles. The van der Waals surface area contributed by atoms with Gasteiger partial charge in [-0.2, -0.15) is 5.10 Å². The molecule has 3 rings (SSSR count). The molecule has 0 spiro atoms. The molecular weight excluding hydrogens is 346 g/mol. The van der Waals surface area contributed by atoms with Crippen molar-refractivity contribution in [3.05, 3.63) is 23.4 Å². The van der Waals surface area contributed by atoms with Crippen LogP contribution in [-0.2, 0) is 32.0 Å². The van der Waals surface area contributed by atoms with E-state index in [1.54, 1.807) is 18.7 Å². The Morgan fingerprint density at radius 3 is 2.41 bits per heavy atom. The van der Waals surface area contributed by atoms with Crippen LogP contribution < -0.4 is 4.90 Å². The number of carbonyl (C=O) groups excluding carboxylic acids is 2. The van der Waals surface area contributed by atoms with E-state index in [4.69, 9.17) is 14.6 Å². The lowest BCUT2D eigenvalue weighted by atomic mass is 10.0. The molecule has 27 heavy (non-hydrogen) atoms. The van der Waals surface area contributed by atoms with E-state index in [-0.39, 0.29) is 25.0 Å². The number of hydrogen-bond donors (Lipinski definition) is 0. The quantitative estimate of drug-likeness (QED) is 0.695. The van der Waals surface area contributed by atoms with E-state index < -0.39 is 0 Å². The van der Waals surface area contributed by atoms with Gasteiger partial charge in [0.2, 0.25) is 0 Å². The molecule has 7 nitrogen and oxygen atoms in total. The fourth-order valence-corrected chi connectivity index (χ4v) is 3.62. The van der Waals surface area contributed by atoms with Gasteiger partial charge < -0.3 is 14.4 Å². The van der Waals surface area contributed by atoms with Gasteiger partial charge in [-0.25, -0.2) is 0 Å². The number of carbonyl (C=O) groups is 2. The number of anilines is 1. The van der Waals surface area contributed by atoms with Crippen molar-refractivity contribution in [2.75, 3.05) is 31.2 Å². The highest BCUT2D eigenvalue weighted by Crippen LogP contribution is 2.30. The summed E-state index contributed by atoms with van der Waals surface area (Å²) < 4.78 is 12.2. The summed E-state index contributed by atoms with van der Waals surface area (Å²) in [6, 6.07) is 4.08. The van der Waals surface area contributed by atoms with Crippen LogP contribution >= 0.6 is 0 Å². The second-order valence-corrected chi connectivity index (χ2v) is 6.75. The molecule has 0 unspecified atom stereocenters. The lowest BCUT2D eigenvalue weighted by Gasteiger charge is -2.24. The highest BCUT2D eigenvalue weighted by molar-refractivity contribution is 5.89. The first-order valence-electron chi connectivity index (χ1n) is 9.59. The molecule has 1 aromatic carbocycles. The molecule has 0 bridgehead atoms. The predicted molar refractivity (Wildman–Crippen MR) is 103 cm³/mol. The Hall–Kier alpha value is -2.57. The van der Waals surface area contributed by atoms with Gasteiger partial charge in [-0.1, -0.05) is 0 Å². The first kappa shape index (κ1) is 19.2. The molecule has 7 heteroatoms. The zero-order valence-electron chi connectivity index (χ0n) is 16.3. The number of aryl methyl sites for hydroxylation is 3. The van der Waals surface area contributed by atoms with Crippen molar-refractivity contribution < 1.29 is 19.1 Å². The fourth-order valence-electron chi connectivity index (χ4n) is 3.62. The van der Waals surface area contributed by atoms with E-state index in [1.807, 2.05) is 13.0 Å². The summed E-state index contributed by atoms with van der Waals surface area (Å²) in [6.07, 6.45) is 3.36. The first-order valence-corrected chi connectivity index (χ1v) is 9.59. The highest BCUT2D eigenvalue weighted by atomic mass is 16.5. The zero-order chi connectivity index (χ0) is 19.4. The summed E-state index contributed by atoms with van der Waals surface area (Å²) in [5.41, 5.74) is 3.97. The molecular formula is C20H27N3O4. The second-order valence-electron chi connectivity index (χ2n) is 6.75. The van der Waals surface area contributed by atoms with Crippen molar-refractivity contribution in [3.8, 4) is 0 Å². The van der Waals surface area contributed by atoms with E-state index >= 15 is 0 Å². The van der Waals surface area contributed by atoms with Crippen molar-refractivity contribution in [2.24, 2.45) is 0 Å². The Morgan fingerprint density at radius 1 is 1.11 bits per heavy atom. The third-order valence-corrected chi connectivity index (χ3v) is 4.79. The lowest BCUT2D eigenvalue weighted by Crippen LogP contribution is -2.36. The number of hydrogen-bond acceptors (Lipinski definition) is 6. The van der Waals surface area contributed by atoms with Gasteiger partial charge in [0.05, 0.1) is 18.7 Å². The molecule has 0 saturated heterocycles. The molecule has 2 heterocycles. The van der Waals surface area contributed by atoms with Crippen LogP contribution in [0.4, 0.5) is 5.69 Å². The average molecular weight is 373 g/mol. The molecule has 1 aliphatic rings. The second kappa shape index (κ2) is 8.41. The van der Waals surface area contributed by atoms with Crippen LogP contribution in [0.25, 0.3) is 10.9 Å². The maximum absolute atomic E-state index is 12.1. The minimum absolute atomic E-state index is 0.00737. The number of esters is 2. The van der Waals surface area contributed by atoms with Gasteiger partial charge in [-0.3, -0.25) is 14.3 Å². The summed E-state index contributed by atoms with van der Waals surface area (Å²) >= 11 is 0. The molecule has 0 N–H and O–H groups in total. The molecule has 0 saturated carbocycles. The van der Waals surface area contributed by atoms with Gasteiger partial charge in [0.1, 0.15) is 13.1 Å². The van der Waals surface area contributed by atoms with Gasteiger partial charge in [-0.05, 0) is 57.7 Å². The summed E-state index contributed by atoms with van der Waals surface area (Å²) in [5, 5.41) is 5.88. The first-order chi connectivity index (χ1) is 13.0. The smallest absolute Gasteiger partial charge is 0.325 e. The van der Waals surface area contributed by atoms with E-state index in [0.29, 0.717) is 13.2 Å². The van der Waals surface area contributed by atoms with E-state index in [1.165, 1.54) is 12.1 Å². The summed E-state index contributed by atoms with van der Waals surface area (Å²) in [6.45, 7) is 7.05. The predicted octanol–water partition coefficient (Wildman–Crippen LogP) is 2.61. The van der Waals surface area contributed by atoms with Crippen LogP contribution in [0.2, 0.25) is 0 Å². The SMILES string of the molecule is CCOC(=O)CN(CC(=O)OCC)c1cc2nn3c(c2cc1C)CCCC3. The van der Waals surface area contributed by atoms with Crippen molar-refractivity contribution >= 4 is 28.5 Å². The zero-order valence-corrected chi connectivity index (χ0v) is 16.3. The van der Waals surface area contributed by atoms with Crippen LogP contribution in [0.5, 0.6) is 0 Å². The van der Waals surface area contributed by atoms with Crippen molar-refractivity contribution in [2.45, 2.75) is 46.6 Å². The molecule has 0 radical (unpaired) electrons. The van der Waals surface area contributed by atoms with E-state index in [0.717, 1.165) is 41.5 Å². The third kappa shape index (κ3) is 4.23. The molecule has 0 fully saturated rings. The van der Waals surface area contributed by atoms with Crippen LogP contribution in [0.3, 0.4) is 0 Å². The molecule has 2 aromatic rings. The number of ether oxygens (including phenoxy) is 2. The lowest BCUT2D eigenvalue weighted by molar-refractivity contribution is -0.142. The molecule has 0 amide bonds. The third-order valence-electron chi connectivity index (χ3n) is 4.79. The number of nitrogens with zero attached hydrogens (tertiary/aromatic N) is 3. The summed E-state index contributed by atoms with van der Waals surface area (Å²) in [4.78, 5) is 25.8. The van der Waals surface area contributed by atoms with Gasteiger partial charge >= 0.3 is 11.9 Å². The Labute approximate surface area is 159 Å². The topological polar surface area (TPSA) is 73.7 Å². The molecule has 146 valence electrons. The fraction of sp³-hybridized carbons (Fsp3) is 0.550. The van der Waals surface area contributed by atoms with Crippen LogP contribution in [-0.4, -0.2) is 48.0 Å². The van der Waals surface area contributed by atoms with Gasteiger partial charge in [-0.15, -0.1) is 0 Å². The average Bonchev–Trinajstić information content (AvgIpc) is 2.98. The Balaban J connectivity index is 1.96. The maximum Gasteiger partial charge on any atom is 0.325 e. The normalized spacial score (nSPS) is 13.3. The van der Waals surface area contributed by atoms with Crippen molar-refractivity contribution in [1.82, 2.24) is 9.78 Å². The monoisotopic (exact) mass is 373 g/mol. The number of benzene rings is 1. The van der Waals surface area contributed by atoms with Crippen LogP contribution in [0.1, 0.15) is 37.9 Å². The minimum Gasteiger partial charge on any atom is -0.465 e. The maximum atomic E-state index is 12.1. The van der Waals surface area contributed by atoms with Crippen LogP contribution in [0, 0.1) is 6.92 Å². The Bertz CT molecular complexity index is 823. The summed E-state index contributed by atoms with van der Waals surface area (Å²) in [7, 11) is 0. The largest absolute Gasteiger partial charge is 0.465 e. The number of fused-ring (bicyclic) bond motifs is 3. The Morgan fingerprint density at radius 2 is 1.78 bits per heavy atom. The van der Waals surface area contributed by atoms with Crippen LogP contribution in [0.15, 0.2) is 12.1 Å². The van der Waals surface area contributed by atoms with E-state index in [9.17, 15) is 9.59 Å². The summed E-state index contributed by atoms with van der Waals surface area (Å²) in [5.74, 6) is -0.740. The molecule has 1 aromatic heterocycles. The minimum atomic E-state index is -0.370. The van der Waals surface area contributed by atoms with Crippen molar-refractivity contribution in [3.63, 3.8) is 0 Å². The highest BCUT2D eigenvalue weighted by Gasteiger charge is 2.22. The van der Waals surface area contributed by atoms with Gasteiger partial charge in [0.25, 0.3) is 0 Å².